The number of carbonyl (C=O) groups excluding carboxylic acids is 1. The maximum Gasteiger partial charge on any atom is 0.243 e. The van der Waals surface area contributed by atoms with Crippen LogP contribution in [0.2, 0.25) is 0 Å². The van der Waals surface area contributed by atoms with Gasteiger partial charge in [-0.2, -0.15) is 0 Å². The van der Waals surface area contributed by atoms with E-state index in [2.05, 4.69) is 5.32 Å². The highest BCUT2D eigenvalue weighted by atomic mass is 32.2. The van der Waals surface area contributed by atoms with Crippen LogP contribution in [-0.2, 0) is 21.4 Å². The van der Waals surface area contributed by atoms with Crippen molar-refractivity contribution in [1.82, 2.24) is 5.32 Å². The quantitative estimate of drug-likeness (QED) is 0.861. The summed E-state index contributed by atoms with van der Waals surface area (Å²) in [6.07, 6.45) is 1.11. The highest BCUT2D eigenvalue weighted by Gasteiger charge is 2.28. The monoisotopic (exact) mass is 360 g/mol. The molecule has 1 N–H and O–H groups in total. The zero-order chi connectivity index (χ0) is 18.6. The first kappa shape index (κ1) is 19.0. The Morgan fingerprint density at radius 3 is 2.24 bits per heavy atom. The molecule has 0 aliphatic rings. The second-order valence-electron chi connectivity index (χ2n) is 6.21. The summed E-state index contributed by atoms with van der Waals surface area (Å²) in [5.41, 5.74) is 3.58. The number of anilines is 1. The molecule has 0 fully saturated rings. The van der Waals surface area contributed by atoms with Gasteiger partial charge < -0.3 is 5.32 Å². The standard InChI is InChI=1S/C19H24N2O3S/c1-14-9-11-18(12-10-14)21(25(4,23)24)16(3)19(22)20-13-17-8-6-5-7-15(17)2/h5-12,16H,13H2,1-4H3,(H,20,22)/t16-/m1/s1. The molecule has 2 aromatic rings. The molecule has 0 saturated carbocycles. The Kier molecular flexibility index (Phi) is 5.85. The van der Waals surface area contributed by atoms with Gasteiger partial charge in [-0.3, -0.25) is 9.10 Å². The minimum absolute atomic E-state index is 0.339. The Morgan fingerprint density at radius 2 is 1.68 bits per heavy atom. The van der Waals surface area contributed by atoms with Crippen molar-refractivity contribution >= 4 is 21.6 Å². The third-order valence-corrected chi connectivity index (χ3v) is 5.33. The molecule has 0 bridgehead atoms. The first-order valence-corrected chi connectivity index (χ1v) is 9.93. The van der Waals surface area contributed by atoms with Crippen LogP contribution in [0, 0.1) is 13.8 Å². The summed E-state index contributed by atoms with van der Waals surface area (Å²) < 4.78 is 25.6. The van der Waals surface area contributed by atoms with Crippen molar-refractivity contribution in [2.45, 2.75) is 33.4 Å². The van der Waals surface area contributed by atoms with Gasteiger partial charge in [0.25, 0.3) is 0 Å². The Morgan fingerprint density at radius 1 is 1.08 bits per heavy atom. The molecule has 134 valence electrons. The zero-order valence-electron chi connectivity index (χ0n) is 15.0. The molecule has 0 heterocycles. The van der Waals surface area contributed by atoms with E-state index in [0.29, 0.717) is 12.2 Å². The van der Waals surface area contributed by atoms with Gasteiger partial charge in [0.2, 0.25) is 15.9 Å². The maximum atomic E-state index is 12.5. The molecule has 0 radical (unpaired) electrons. The van der Waals surface area contributed by atoms with Gasteiger partial charge in [0.1, 0.15) is 6.04 Å². The van der Waals surface area contributed by atoms with Gasteiger partial charge in [0.15, 0.2) is 0 Å². The van der Waals surface area contributed by atoms with Crippen molar-refractivity contribution in [3.8, 4) is 0 Å². The van der Waals surface area contributed by atoms with Gasteiger partial charge in [-0.25, -0.2) is 8.42 Å². The summed E-state index contributed by atoms with van der Waals surface area (Å²) in [4.78, 5) is 12.5. The molecular weight excluding hydrogens is 336 g/mol. The Labute approximate surface area is 149 Å². The summed E-state index contributed by atoms with van der Waals surface area (Å²) in [5.74, 6) is -0.339. The summed E-state index contributed by atoms with van der Waals surface area (Å²) >= 11 is 0. The van der Waals surface area contributed by atoms with Crippen LogP contribution in [0.25, 0.3) is 0 Å². The molecule has 0 saturated heterocycles. The van der Waals surface area contributed by atoms with E-state index >= 15 is 0 Å². The number of sulfonamides is 1. The van der Waals surface area contributed by atoms with Crippen LogP contribution in [0.5, 0.6) is 0 Å². The molecule has 0 aliphatic heterocycles. The fourth-order valence-electron chi connectivity index (χ4n) is 2.64. The molecule has 25 heavy (non-hydrogen) atoms. The number of carbonyl (C=O) groups is 1. The predicted molar refractivity (Wildman–Crippen MR) is 101 cm³/mol. The molecule has 1 amide bonds. The van der Waals surface area contributed by atoms with Crippen LogP contribution in [0.4, 0.5) is 5.69 Å². The molecule has 5 nitrogen and oxygen atoms in total. The average molecular weight is 360 g/mol. The molecule has 1 atom stereocenters. The van der Waals surface area contributed by atoms with Crippen LogP contribution in [0.3, 0.4) is 0 Å². The largest absolute Gasteiger partial charge is 0.350 e. The van der Waals surface area contributed by atoms with E-state index in [0.717, 1.165) is 27.3 Å². The van der Waals surface area contributed by atoms with Gasteiger partial charge in [-0.05, 0) is 44.0 Å². The average Bonchev–Trinajstić information content (AvgIpc) is 2.54. The normalized spacial score (nSPS) is 12.5. The van der Waals surface area contributed by atoms with Crippen LogP contribution < -0.4 is 9.62 Å². The molecule has 6 heteroatoms. The number of rotatable bonds is 6. The number of amides is 1. The minimum Gasteiger partial charge on any atom is -0.350 e. The van der Waals surface area contributed by atoms with Crippen LogP contribution in [-0.4, -0.2) is 26.6 Å². The fraction of sp³-hybridized carbons (Fsp3) is 0.316. The van der Waals surface area contributed by atoms with Crippen molar-refractivity contribution in [2.75, 3.05) is 10.6 Å². The van der Waals surface area contributed by atoms with E-state index in [-0.39, 0.29) is 5.91 Å². The Hall–Kier alpha value is -2.34. The van der Waals surface area contributed by atoms with Crippen molar-refractivity contribution in [3.05, 3.63) is 65.2 Å². The summed E-state index contributed by atoms with van der Waals surface area (Å²) in [5, 5.41) is 2.83. The van der Waals surface area contributed by atoms with Gasteiger partial charge >= 0.3 is 0 Å². The maximum absolute atomic E-state index is 12.5. The molecule has 2 aromatic carbocycles. The van der Waals surface area contributed by atoms with E-state index in [1.54, 1.807) is 19.1 Å². The second kappa shape index (κ2) is 7.70. The molecule has 0 unspecified atom stereocenters. The zero-order valence-corrected chi connectivity index (χ0v) is 15.8. The van der Waals surface area contributed by atoms with Crippen LogP contribution in [0.1, 0.15) is 23.6 Å². The summed E-state index contributed by atoms with van der Waals surface area (Å²) in [6, 6.07) is 14.0. The topological polar surface area (TPSA) is 66.5 Å². The predicted octanol–water partition coefficient (Wildman–Crippen LogP) is 2.77. The second-order valence-corrected chi connectivity index (χ2v) is 8.07. The molecule has 2 rings (SSSR count). The van der Waals surface area contributed by atoms with E-state index in [1.807, 2.05) is 50.2 Å². The van der Waals surface area contributed by atoms with Gasteiger partial charge in [-0.1, -0.05) is 42.0 Å². The highest BCUT2D eigenvalue weighted by molar-refractivity contribution is 7.92. The smallest absolute Gasteiger partial charge is 0.243 e. The Balaban J connectivity index is 2.18. The van der Waals surface area contributed by atoms with Crippen LogP contribution >= 0.6 is 0 Å². The molecule has 0 aliphatic carbocycles. The lowest BCUT2D eigenvalue weighted by atomic mass is 10.1. The first-order valence-electron chi connectivity index (χ1n) is 8.08. The number of nitrogens with one attached hydrogen (secondary N) is 1. The summed E-state index contributed by atoms with van der Waals surface area (Å²) in [7, 11) is -3.59. The molecule has 0 spiro atoms. The highest BCUT2D eigenvalue weighted by Crippen LogP contribution is 2.21. The van der Waals surface area contributed by atoms with Crippen molar-refractivity contribution in [3.63, 3.8) is 0 Å². The lowest BCUT2D eigenvalue weighted by Gasteiger charge is -2.28. The van der Waals surface area contributed by atoms with E-state index in [9.17, 15) is 13.2 Å². The van der Waals surface area contributed by atoms with Crippen molar-refractivity contribution < 1.29 is 13.2 Å². The SMILES string of the molecule is Cc1ccc(N([C@H](C)C(=O)NCc2ccccc2C)S(C)(=O)=O)cc1. The van der Waals surface area contributed by atoms with Gasteiger partial charge in [-0.15, -0.1) is 0 Å². The van der Waals surface area contributed by atoms with E-state index in [4.69, 9.17) is 0 Å². The Bertz CT molecular complexity index is 845. The number of aryl methyl sites for hydroxylation is 2. The summed E-state index contributed by atoms with van der Waals surface area (Å²) in [6.45, 7) is 5.85. The molecule has 0 aromatic heterocycles. The minimum atomic E-state index is -3.59. The molecular formula is C19H24N2O3S. The van der Waals surface area contributed by atoms with E-state index < -0.39 is 16.1 Å². The number of benzene rings is 2. The van der Waals surface area contributed by atoms with Crippen molar-refractivity contribution in [2.24, 2.45) is 0 Å². The first-order chi connectivity index (χ1) is 11.7. The number of hydrogen-bond donors (Lipinski definition) is 1. The lowest BCUT2D eigenvalue weighted by Crippen LogP contribution is -2.47. The lowest BCUT2D eigenvalue weighted by molar-refractivity contribution is -0.122. The van der Waals surface area contributed by atoms with E-state index in [1.165, 1.54) is 0 Å². The third kappa shape index (κ3) is 4.82. The van der Waals surface area contributed by atoms with Gasteiger partial charge in [0, 0.05) is 6.54 Å². The number of nitrogens with zero attached hydrogens (tertiary/aromatic N) is 1. The number of hydrogen-bond acceptors (Lipinski definition) is 3. The third-order valence-electron chi connectivity index (χ3n) is 4.09. The fourth-order valence-corrected chi connectivity index (χ4v) is 3.81. The van der Waals surface area contributed by atoms with Crippen LogP contribution in [0.15, 0.2) is 48.5 Å². The van der Waals surface area contributed by atoms with Crippen molar-refractivity contribution in [1.29, 1.82) is 0 Å². The van der Waals surface area contributed by atoms with Gasteiger partial charge in [0.05, 0.1) is 11.9 Å².